The summed E-state index contributed by atoms with van der Waals surface area (Å²) in [4.78, 5) is 34.3. The molecule has 1 amide bonds. The Morgan fingerprint density at radius 2 is 1.77 bits per heavy atom. The number of carbonyl (C=O) groups excluding carboxylic acids is 2. The Morgan fingerprint density at radius 1 is 1.06 bits per heavy atom. The molecule has 4 aromatic rings. The normalized spacial score (nSPS) is 16.6. The third kappa shape index (κ3) is 4.28. The van der Waals surface area contributed by atoms with E-state index in [0.717, 1.165) is 22.7 Å². The summed E-state index contributed by atoms with van der Waals surface area (Å²) in [7, 11) is 0. The Labute approximate surface area is 201 Å². The average molecular weight is 469 g/mol. The second-order valence-electron chi connectivity index (χ2n) is 8.14. The maximum Gasteiger partial charge on any atom is 0.417 e. The number of carbonyl (C=O) groups is 2. The summed E-state index contributed by atoms with van der Waals surface area (Å²) in [6.07, 6.45) is 3.27. The lowest BCUT2D eigenvalue weighted by molar-refractivity contribution is -0.364. The zero-order chi connectivity index (χ0) is 24.4. The molecule has 5 rings (SSSR count). The molecule has 1 aromatic heterocycles. The van der Waals surface area contributed by atoms with Gasteiger partial charge in [-0.25, -0.2) is 14.0 Å². The van der Waals surface area contributed by atoms with Crippen molar-refractivity contribution in [3.63, 3.8) is 0 Å². The lowest BCUT2D eigenvalue weighted by Gasteiger charge is -2.09. The van der Waals surface area contributed by atoms with Crippen molar-refractivity contribution in [1.29, 1.82) is 0 Å². The number of aromatic amines is 1. The number of aliphatic imine (C=N–C) groups is 1. The van der Waals surface area contributed by atoms with Crippen LogP contribution in [0.3, 0.4) is 0 Å². The monoisotopic (exact) mass is 468 g/mol. The van der Waals surface area contributed by atoms with Crippen LogP contribution in [0.4, 0.5) is 10.1 Å². The van der Waals surface area contributed by atoms with E-state index in [1.807, 2.05) is 30.5 Å². The predicted molar refractivity (Wildman–Crippen MR) is 132 cm³/mol. The van der Waals surface area contributed by atoms with Gasteiger partial charge in [-0.1, -0.05) is 42.5 Å². The molecule has 0 saturated heterocycles. The van der Waals surface area contributed by atoms with Gasteiger partial charge in [-0.2, -0.15) is 0 Å². The van der Waals surface area contributed by atoms with E-state index in [4.69, 9.17) is 9.73 Å². The predicted octanol–water partition coefficient (Wildman–Crippen LogP) is 4.57. The standard InChI is InChI=1S/C28H22FN3O3/c1-2-35-26(33)17-32-25-14-8-5-11-21(25)27(20-10-3-6-12-22(20)29)31-24(28(32)34)15-18-16-30-23-13-7-4-9-19(18)23/h3-14,16-17,24H,2,15H2,1H3/p+1/t24-/m1/s1. The van der Waals surface area contributed by atoms with Gasteiger partial charge >= 0.3 is 11.9 Å². The molecule has 0 radical (unpaired) electrons. The Morgan fingerprint density at radius 3 is 2.57 bits per heavy atom. The number of amides is 1. The SMILES string of the molecule is CCOC(=O)C=[N+]1C(=O)[C@@H](Cc2c[nH]c3ccccc23)N=C(c2ccccc2F)c2ccccc21. The van der Waals surface area contributed by atoms with Crippen molar-refractivity contribution in [2.75, 3.05) is 6.61 Å². The van der Waals surface area contributed by atoms with Gasteiger partial charge in [-0.3, -0.25) is 4.99 Å². The van der Waals surface area contributed by atoms with E-state index >= 15 is 0 Å². The van der Waals surface area contributed by atoms with Gasteiger partial charge in [0.1, 0.15) is 5.82 Å². The van der Waals surface area contributed by atoms with Crippen molar-refractivity contribution in [1.82, 2.24) is 4.98 Å². The number of fused-ring (bicyclic) bond motifs is 2. The molecule has 1 aliphatic rings. The first kappa shape index (κ1) is 22.4. The minimum Gasteiger partial charge on any atom is -0.458 e. The summed E-state index contributed by atoms with van der Waals surface area (Å²) in [6, 6.07) is 20.3. The first-order valence-corrected chi connectivity index (χ1v) is 11.4. The summed E-state index contributed by atoms with van der Waals surface area (Å²) < 4.78 is 21.3. The van der Waals surface area contributed by atoms with Crippen LogP contribution in [0.1, 0.15) is 23.6 Å². The number of para-hydroxylation sites is 2. The second-order valence-corrected chi connectivity index (χ2v) is 8.14. The molecule has 6 nitrogen and oxygen atoms in total. The van der Waals surface area contributed by atoms with Gasteiger partial charge in [0.25, 0.3) is 6.21 Å². The molecule has 2 heterocycles. The smallest absolute Gasteiger partial charge is 0.417 e. The third-order valence-electron chi connectivity index (χ3n) is 5.96. The largest absolute Gasteiger partial charge is 0.458 e. The van der Waals surface area contributed by atoms with E-state index < -0.39 is 23.7 Å². The molecule has 1 atom stereocenters. The van der Waals surface area contributed by atoms with Crippen molar-refractivity contribution in [2.45, 2.75) is 19.4 Å². The van der Waals surface area contributed by atoms with Gasteiger partial charge in [0, 0.05) is 35.2 Å². The number of hydrogen-bond donors (Lipinski definition) is 1. The summed E-state index contributed by atoms with van der Waals surface area (Å²) in [5.74, 6) is -1.49. The van der Waals surface area contributed by atoms with E-state index in [2.05, 4.69) is 4.98 Å². The molecule has 174 valence electrons. The highest BCUT2D eigenvalue weighted by molar-refractivity contribution is 6.23. The fourth-order valence-corrected chi connectivity index (χ4v) is 4.37. The van der Waals surface area contributed by atoms with Crippen LogP contribution in [0.15, 0.2) is 84.0 Å². The number of esters is 1. The molecule has 1 aliphatic heterocycles. The number of hydrogen-bond acceptors (Lipinski definition) is 4. The number of aromatic nitrogens is 1. The quantitative estimate of drug-likeness (QED) is 0.344. The number of halogens is 1. The molecular weight excluding hydrogens is 445 g/mol. The van der Waals surface area contributed by atoms with Crippen LogP contribution in [-0.2, 0) is 20.7 Å². The fraction of sp³-hybridized carbons (Fsp3) is 0.143. The highest BCUT2D eigenvalue weighted by atomic mass is 19.1. The molecule has 0 unspecified atom stereocenters. The van der Waals surface area contributed by atoms with Crippen LogP contribution in [0.5, 0.6) is 0 Å². The number of benzodiazepines with no additional fused rings is 1. The number of nitrogens with one attached hydrogen (secondary N) is 1. The Kier molecular flexibility index (Phi) is 6.06. The molecule has 0 spiro atoms. The second kappa shape index (κ2) is 9.46. The molecule has 3 aromatic carbocycles. The van der Waals surface area contributed by atoms with Crippen molar-refractivity contribution in [3.05, 3.63) is 102 Å². The number of H-pyrrole nitrogens is 1. The Bertz CT molecular complexity index is 1500. The van der Waals surface area contributed by atoms with Crippen LogP contribution in [0.25, 0.3) is 10.9 Å². The van der Waals surface area contributed by atoms with Crippen LogP contribution in [0.2, 0.25) is 0 Å². The van der Waals surface area contributed by atoms with Gasteiger partial charge in [-0.15, -0.1) is 4.58 Å². The Balaban J connectivity index is 1.71. The number of ether oxygens (including phenoxy) is 1. The summed E-state index contributed by atoms with van der Waals surface area (Å²) in [6.45, 7) is 1.87. The number of nitrogens with zero attached hydrogens (tertiary/aromatic N) is 2. The molecule has 0 saturated carbocycles. The average Bonchev–Trinajstić information content (AvgIpc) is 3.24. The van der Waals surface area contributed by atoms with Crippen molar-refractivity contribution >= 4 is 40.4 Å². The van der Waals surface area contributed by atoms with Gasteiger partial charge in [0.2, 0.25) is 5.69 Å². The van der Waals surface area contributed by atoms with E-state index in [0.29, 0.717) is 17.0 Å². The molecule has 35 heavy (non-hydrogen) atoms. The molecule has 0 bridgehead atoms. The highest BCUT2D eigenvalue weighted by Crippen LogP contribution is 2.30. The van der Waals surface area contributed by atoms with Crippen molar-refractivity contribution in [2.24, 2.45) is 4.99 Å². The molecule has 1 N–H and O–H groups in total. The summed E-state index contributed by atoms with van der Waals surface area (Å²) >= 11 is 0. The minimum absolute atomic E-state index is 0.175. The van der Waals surface area contributed by atoms with Gasteiger partial charge in [0.05, 0.1) is 17.9 Å². The van der Waals surface area contributed by atoms with Crippen molar-refractivity contribution in [3.8, 4) is 0 Å². The molecule has 7 heteroatoms. The van der Waals surface area contributed by atoms with E-state index in [1.165, 1.54) is 10.6 Å². The third-order valence-corrected chi connectivity index (χ3v) is 5.96. The van der Waals surface area contributed by atoms with Gasteiger partial charge in [0.15, 0.2) is 6.04 Å². The fourth-order valence-electron chi connectivity index (χ4n) is 4.37. The highest BCUT2D eigenvalue weighted by Gasteiger charge is 2.38. The van der Waals surface area contributed by atoms with Crippen molar-refractivity contribution < 1.29 is 23.3 Å². The zero-order valence-corrected chi connectivity index (χ0v) is 19.1. The van der Waals surface area contributed by atoms with E-state index in [-0.39, 0.29) is 18.6 Å². The number of rotatable bonds is 5. The lowest BCUT2D eigenvalue weighted by atomic mass is 9.99. The Hall–Kier alpha value is -4.39. The van der Waals surface area contributed by atoms with Gasteiger partial charge < -0.3 is 9.72 Å². The topological polar surface area (TPSA) is 74.5 Å². The maximum absolute atomic E-state index is 15.0. The minimum atomic E-state index is -0.901. The molecule has 0 aliphatic carbocycles. The van der Waals surface area contributed by atoms with Crippen LogP contribution >= 0.6 is 0 Å². The van der Waals surface area contributed by atoms with E-state index in [1.54, 1.807) is 49.4 Å². The molecule has 0 fully saturated rings. The maximum atomic E-state index is 15.0. The molecular formula is C28H23FN3O3+. The van der Waals surface area contributed by atoms with E-state index in [9.17, 15) is 14.0 Å². The summed E-state index contributed by atoms with van der Waals surface area (Å²) in [5, 5.41) is 0.977. The van der Waals surface area contributed by atoms with Crippen LogP contribution in [-0.4, -0.2) is 46.0 Å². The summed E-state index contributed by atoms with van der Waals surface area (Å²) in [5.41, 5.74) is 3.48. The number of benzene rings is 3. The zero-order valence-electron chi connectivity index (χ0n) is 19.1. The van der Waals surface area contributed by atoms with Gasteiger partial charge in [-0.05, 0) is 36.8 Å². The van der Waals surface area contributed by atoms with Crippen LogP contribution < -0.4 is 0 Å². The first-order valence-electron chi connectivity index (χ1n) is 11.4. The lowest BCUT2D eigenvalue weighted by Crippen LogP contribution is -2.32. The first-order chi connectivity index (χ1) is 17.1. The van der Waals surface area contributed by atoms with Crippen LogP contribution in [0, 0.1) is 5.82 Å².